The van der Waals surface area contributed by atoms with Gasteiger partial charge in [0.1, 0.15) is 16.7 Å². The molecule has 3 aromatic heterocycles. The van der Waals surface area contributed by atoms with Gasteiger partial charge < -0.3 is 9.88 Å². The third-order valence-corrected chi connectivity index (χ3v) is 5.99. The number of imidazole rings is 1. The van der Waals surface area contributed by atoms with Crippen LogP contribution in [-0.2, 0) is 4.79 Å². The lowest BCUT2D eigenvalue weighted by molar-refractivity contribution is -0.129. The van der Waals surface area contributed by atoms with Crippen molar-refractivity contribution in [2.24, 2.45) is 0 Å². The number of likely N-dealkylation sites (tertiary alicyclic amines) is 1. The molecule has 4 heterocycles. The normalized spacial score (nSPS) is 16.9. The van der Waals surface area contributed by atoms with Gasteiger partial charge in [-0.2, -0.15) is 9.61 Å². The van der Waals surface area contributed by atoms with Gasteiger partial charge in [0, 0.05) is 6.54 Å². The van der Waals surface area contributed by atoms with Crippen LogP contribution in [0, 0.1) is 12.7 Å². The number of hydrogen-bond donors (Lipinski definition) is 1. The molecule has 29 heavy (non-hydrogen) atoms. The number of halogens is 1. The van der Waals surface area contributed by atoms with Gasteiger partial charge in [0.2, 0.25) is 5.91 Å². The second-order valence-corrected chi connectivity index (χ2v) is 8.00. The molecular weight excluding hydrogens is 393 g/mol. The zero-order chi connectivity index (χ0) is 20.0. The first kappa shape index (κ1) is 18.0. The molecule has 0 radical (unpaired) electrons. The Balaban J connectivity index is 1.31. The van der Waals surface area contributed by atoms with Gasteiger partial charge in [-0.1, -0.05) is 11.8 Å². The average molecular weight is 411 g/mol. The van der Waals surface area contributed by atoms with Crippen LogP contribution in [0.25, 0.3) is 16.7 Å². The van der Waals surface area contributed by atoms with Crippen LogP contribution in [0.15, 0.2) is 35.4 Å². The SMILES string of the molecule is Cc1nnc2ccc(SCC(=O)N3CCCC3c3nc4ccc(F)cc4[nH]3)nn12. The number of aromatic nitrogens is 6. The molecule has 1 aliphatic heterocycles. The number of hydrogen-bond acceptors (Lipinski definition) is 6. The van der Waals surface area contributed by atoms with E-state index in [0.29, 0.717) is 34.9 Å². The van der Waals surface area contributed by atoms with E-state index in [2.05, 4.69) is 25.3 Å². The van der Waals surface area contributed by atoms with Crippen LogP contribution in [0.1, 0.15) is 30.5 Å². The molecule has 10 heteroatoms. The van der Waals surface area contributed by atoms with Crippen LogP contribution in [0.3, 0.4) is 0 Å². The number of carbonyl (C=O) groups is 1. The quantitative estimate of drug-likeness (QED) is 0.519. The first-order valence-electron chi connectivity index (χ1n) is 9.35. The predicted octanol–water partition coefficient (Wildman–Crippen LogP) is 2.90. The largest absolute Gasteiger partial charge is 0.340 e. The minimum Gasteiger partial charge on any atom is -0.340 e. The number of nitrogens with one attached hydrogen (secondary N) is 1. The van der Waals surface area contributed by atoms with E-state index in [1.807, 2.05) is 24.0 Å². The first-order valence-corrected chi connectivity index (χ1v) is 10.3. The molecule has 8 nitrogen and oxygen atoms in total. The zero-order valence-electron chi connectivity index (χ0n) is 15.7. The van der Waals surface area contributed by atoms with Gasteiger partial charge in [-0.15, -0.1) is 10.2 Å². The molecule has 4 aromatic rings. The lowest BCUT2D eigenvalue weighted by Crippen LogP contribution is -2.32. The van der Waals surface area contributed by atoms with E-state index in [1.165, 1.54) is 23.9 Å². The molecule has 1 amide bonds. The Bertz CT molecular complexity index is 1220. The Morgan fingerprint density at radius 1 is 1.31 bits per heavy atom. The van der Waals surface area contributed by atoms with E-state index >= 15 is 0 Å². The Hall–Kier alpha value is -3.01. The summed E-state index contributed by atoms with van der Waals surface area (Å²) in [6, 6.07) is 8.04. The smallest absolute Gasteiger partial charge is 0.233 e. The van der Waals surface area contributed by atoms with Gasteiger partial charge in [0.05, 0.1) is 22.8 Å². The van der Waals surface area contributed by atoms with Gasteiger partial charge in [-0.25, -0.2) is 9.37 Å². The molecular formula is C19H18FN7OS. The van der Waals surface area contributed by atoms with Crippen molar-refractivity contribution < 1.29 is 9.18 Å². The van der Waals surface area contributed by atoms with Crippen molar-refractivity contribution in [1.82, 2.24) is 34.7 Å². The monoisotopic (exact) mass is 411 g/mol. The van der Waals surface area contributed by atoms with Crippen molar-refractivity contribution in [3.63, 3.8) is 0 Å². The summed E-state index contributed by atoms with van der Waals surface area (Å²) < 4.78 is 15.1. The molecule has 0 spiro atoms. The Labute approximate surface area is 169 Å². The first-order chi connectivity index (χ1) is 14.1. The Kier molecular flexibility index (Phi) is 4.42. The average Bonchev–Trinajstić information content (AvgIpc) is 3.44. The highest BCUT2D eigenvalue weighted by molar-refractivity contribution is 7.99. The summed E-state index contributed by atoms with van der Waals surface area (Å²) >= 11 is 1.39. The highest BCUT2D eigenvalue weighted by Crippen LogP contribution is 2.32. The molecule has 1 unspecified atom stereocenters. The van der Waals surface area contributed by atoms with Crippen LogP contribution in [0.2, 0.25) is 0 Å². The fourth-order valence-corrected chi connectivity index (χ4v) is 4.42. The summed E-state index contributed by atoms with van der Waals surface area (Å²) in [6.07, 6.45) is 1.75. The molecule has 1 fully saturated rings. The molecule has 1 saturated heterocycles. The number of benzene rings is 1. The minimum atomic E-state index is -0.309. The highest BCUT2D eigenvalue weighted by Gasteiger charge is 2.32. The number of thioether (sulfide) groups is 1. The molecule has 0 saturated carbocycles. The van der Waals surface area contributed by atoms with Gasteiger partial charge in [0.25, 0.3) is 0 Å². The van der Waals surface area contributed by atoms with E-state index in [-0.39, 0.29) is 23.5 Å². The molecule has 1 atom stereocenters. The lowest BCUT2D eigenvalue weighted by Gasteiger charge is -2.23. The molecule has 5 rings (SSSR count). The Morgan fingerprint density at radius 2 is 2.21 bits per heavy atom. The molecule has 148 valence electrons. The number of carbonyl (C=O) groups excluding carboxylic acids is 1. The maximum Gasteiger partial charge on any atom is 0.233 e. The van der Waals surface area contributed by atoms with Crippen LogP contribution < -0.4 is 0 Å². The summed E-state index contributed by atoms with van der Waals surface area (Å²) in [5, 5.41) is 13.2. The fraction of sp³-hybridized carbons (Fsp3) is 0.316. The Morgan fingerprint density at radius 3 is 3.10 bits per heavy atom. The second-order valence-electron chi connectivity index (χ2n) is 7.01. The van der Waals surface area contributed by atoms with Crippen LogP contribution in [0.5, 0.6) is 0 Å². The van der Waals surface area contributed by atoms with Crippen molar-refractivity contribution in [3.05, 3.63) is 47.8 Å². The van der Waals surface area contributed by atoms with E-state index < -0.39 is 0 Å². The van der Waals surface area contributed by atoms with Crippen LogP contribution in [0.4, 0.5) is 4.39 Å². The summed E-state index contributed by atoms with van der Waals surface area (Å²) in [4.78, 5) is 22.5. The number of amides is 1. The van der Waals surface area contributed by atoms with Crippen molar-refractivity contribution >= 4 is 34.3 Å². The van der Waals surface area contributed by atoms with Crippen molar-refractivity contribution in [1.29, 1.82) is 0 Å². The van der Waals surface area contributed by atoms with Gasteiger partial charge in [-0.05, 0) is 50.1 Å². The van der Waals surface area contributed by atoms with Gasteiger partial charge in [0.15, 0.2) is 11.5 Å². The van der Waals surface area contributed by atoms with Crippen LogP contribution >= 0.6 is 11.8 Å². The molecule has 1 aliphatic rings. The maximum absolute atomic E-state index is 13.5. The fourth-order valence-electron chi connectivity index (χ4n) is 3.68. The number of aromatic amines is 1. The maximum atomic E-state index is 13.5. The van der Waals surface area contributed by atoms with Crippen molar-refractivity contribution in [2.75, 3.05) is 12.3 Å². The van der Waals surface area contributed by atoms with Crippen LogP contribution in [-0.4, -0.2) is 52.9 Å². The predicted molar refractivity (Wildman–Crippen MR) is 106 cm³/mol. The number of H-pyrrole nitrogens is 1. The number of nitrogens with zero attached hydrogens (tertiary/aromatic N) is 6. The zero-order valence-corrected chi connectivity index (χ0v) is 16.5. The summed E-state index contributed by atoms with van der Waals surface area (Å²) in [5.41, 5.74) is 2.03. The molecule has 0 aliphatic carbocycles. The van der Waals surface area contributed by atoms with Crippen molar-refractivity contribution in [2.45, 2.75) is 30.8 Å². The minimum absolute atomic E-state index is 0.0338. The van der Waals surface area contributed by atoms with Gasteiger partial charge >= 0.3 is 0 Å². The molecule has 1 N–H and O–H groups in total. The lowest BCUT2D eigenvalue weighted by atomic mass is 10.2. The number of rotatable bonds is 4. The number of fused-ring (bicyclic) bond motifs is 2. The van der Waals surface area contributed by atoms with E-state index in [4.69, 9.17) is 0 Å². The summed E-state index contributed by atoms with van der Waals surface area (Å²) in [7, 11) is 0. The third-order valence-electron chi connectivity index (χ3n) is 5.09. The molecule has 1 aromatic carbocycles. The summed E-state index contributed by atoms with van der Waals surface area (Å²) in [5.74, 6) is 1.42. The number of aryl methyl sites for hydroxylation is 1. The topological polar surface area (TPSA) is 92.1 Å². The van der Waals surface area contributed by atoms with E-state index in [9.17, 15) is 9.18 Å². The highest BCUT2D eigenvalue weighted by atomic mass is 32.2. The molecule has 0 bridgehead atoms. The van der Waals surface area contributed by atoms with E-state index in [1.54, 1.807) is 10.6 Å². The summed E-state index contributed by atoms with van der Waals surface area (Å²) in [6.45, 7) is 2.52. The third kappa shape index (κ3) is 3.33. The van der Waals surface area contributed by atoms with Gasteiger partial charge in [-0.3, -0.25) is 4.79 Å². The second kappa shape index (κ2) is 7.11. The standard InChI is InChI=1S/C19H18FN7OS/c1-11-23-24-16-6-7-17(25-27(11)16)29-10-18(28)26-8-2-3-15(26)19-21-13-5-4-12(20)9-14(13)22-19/h4-7,9,15H,2-3,8,10H2,1H3,(H,21,22). The van der Waals surface area contributed by atoms with E-state index in [0.717, 1.165) is 17.9 Å². The van der Waals surface area contributed by atoms with Crippen molar-refractivity contribution in [3.8, 4) is 0 Å².